The molecule has 1 aliphatic rings. The molecule has 1 N–H and O–H groups in total. The molecule has 0 unspecified atom stereocenters. The zero-order valence-corrected chi connectivity index (χ0v) is 20.3. The van der Waals surface area contributed by atoms with Crippen molar-refractivity contribution in [1.82, 2.24) is 0 Å². The van der Waals surface area contributed by atoms with Gasteiger partial charge in [-0.2, -0.15) is 0 Å². The molecule has 0 saturated heterocycles. The molecule has 34 heavy (non-hydrogen) atoms. The summed E-state index contributed by atoms with van der Waals surface area (Å²) in [5, 5.41) is 10.5. The second-order valence-electron chi connectivity index (χ2n) is 8.70. The third-order valence-electron chi connectivity index (χ3n) is 6.23. The van der Waals surface area contributed by atoms with Crippen molar-refractivity contribution in [2.75, 3.05) is 27.8 Å². The molecule has 0 bridgehead atoms. The van der Waals surface area contributed by atoms with Crippen molar-refractivity contribution in [3.05, 3.63) is 71.3 Å². The summed E-state index contributed by atoms with van der Waals surface area (Å²) in [5.41, 5.74) is 3.35. The van der Waals surface area contributed by atoms with Crippen molar-refractivity contribution in [2.24, 2.45) is 11.8 Å². The summed E-state index contributed by atoms with van der Waals surface area (Å²) in [6, 6.07) is 13.7. The van der Waals surface area contributed by atoms with E-state index in [2.05, 4.69) is 6.58 Å². The van der Waals surface area contributed by atoms with Crippen LogP contribution in [0.15, 0.2) is 54.6 Å². The first-order chi connectivity index (χ1) is 16.4. The molecular weight excluding hydrogens is 432 g/mol. The van der Waals surface area contributed by atoms with Gasteiger partial charge in [0, 0.05) is 25.7 Å². The smallest absolute Gasteiger partial charge is 0.188 e. The van der Waals surface area contributed by atoms with Crippen LogP contribution in [-0.4, -0.2) is 44.8 Å². The molecule has 0 aromatic heterocycles. The Labute approximate surface area is 201 Å². The van der Waals surface area contributed by atoms with Crippen molar-refractivity contribution >= 4 is 17.9 Å². The molecule has 182 valence electrons. The number of aliphatic hydroxyl groups excluding tert-OH is 1. The standard InChI is InChI=1S/C28H34O6/c1-18(2)22-15-23(29)19(3)28(30)26(22)27-24(33-16-31-4)13-21(14-25(27)34-17-32-5)12-11-20-9-7-6-8-10-20/h6-14,19,22-23,26,29H,1,15-17H2,2-5H3/b12-11+/t19-,22+,23+,26-/m0/s1. The first-order valence-electron chi connectivity index (χ1n) is 11.4. The number of aliphatic hydroxyl groups is 1. The molecule has 0 amide bonds. The number of hydrogen-bond donors (Lipinski definition) is 1. The van der Waals surface area contributed by atoms with E-state index < -0.39 is 17.9 Å². The number of allylic oxidation sites excluding steroid dienone is 1. The van der Waals surface area contributed by atoms with Crippen LogP contribution in [0.2, 0.25) is 0 Å². The average Bonchev–Trinajstić information content (AvgIpc) is 2.84. The number of hydrogen-bond acceptors (Lipinski definition) is 6. The summed E-state index contributed by atoms with van der Waals surface area (Å²) in [4.78, 5) is 13.5. The van der Waals surface area contributed by atoms with Crippen molar-refractivity contribution in [2.45, 2.75) is 32.3 Å². The summed E-state index contributed by atoms with van der Waals surface area (Å²) in [6.07, 6.45) is 3.68. The number of ether oxygens (including phenoxy) is 4. The Morgan fingerprint density at radius 1 is 1.03 bits per heavy atom. The minimum Gasteiger partial charge on any atom is -0.467 e. The summed E-state index contributed by atoms with van der Waals surface area (Å²) in [6.45, 7) is 7.78. The SMILES string of the molecule is C=C(C)[C@H]1C[C@@H](O)[C@H](C)C(=O)[C@@H]1c1c(OCOC)cc(/C=C/c2ccccc2)cc1OCOC. The van der Waals surface area contributed by atoms with Crippen molar-refractivity contribution in [3.63, 3.8) is 0 Å². The molecule has 0 aliphatic heterocycles. The first kappa shape index (κ1) is 25.7. The minimum absolute atomic E-state index is 0.0133. The van der Waals surface area contributed by atoms with Gasteiger partial charge in [-0.25, -0.2) is 0 Å². The third kappa shape index (κ3) is 5.95. The van der Waals surface area contributed by atoms with Gasteiger partial charge < -0.3 is 24.1 Å². The highest BCUT2D eigenvalue weighted by Gasteiger charge is 2.44. The van der Waals surface area contributed by atoms with Crippen LogP contribution in [0.5, 0.6) is 11.5 Å². The number of rotatable bonds is 10. The van der Waals surface area contributed by atoms with E-state index in [1.54, 1.807) is 21.1 Å². The highest BCUT2D eigenvalue weighted by Crippen LogP contribution is 2.48. The van der Waals surface area contributed by atoms with E-state index in [0.717, 1.165) is 16.7 Å². The predicted molar refractivity (Wildman–Crippen MR) is 133 cm³/mol. The fourth-order valence-corrected chi connectivity index (χ4v) is 4.37. The van der Waals surface area contributed by atoms with E-state index in [9.17, 15) is 9.90 Å². The van der Waals surface area contributed by atoms with Gasteiger partial charge in [-0.05, 0) is 42.5 Å². The molecule has 0 spiro atoms. The summed E-state index contributed by atoms with van der Waals surface area (Å²) in [5.74, 6) is -0.402. The topological polar surface area (TPSA) is 74.2 Å². The maximum Gasteiger partial charge on any atom is 0.188 e. The zero-order valence-electron chi connectivity index (χ0n) is 20.3. The van der Waals surface area contributed by atoms with E-state index in [1.165, 1.54) is 0 Å². The van der Waals surface area contributed by atoms with Gasteiger partial charge in [0.1, 0.15) is 17.3 Å². The molecule has 4 atom stereocenters. The number of Topliss-reactive ketones (excluding diaryl/α,β-unsaturated/α-hetero) is 1. The van der Waals surface area contributed by atoms with Crippen LogP contribution in [0.1, 0.15) is 42.9 Å². The summed E-state index contributed by atoms with van der Waals surface area (Å²) in [7, 11) is 3.09. The zero-order chi connectivity index (χ0) is 24.7. The lowest BCUT2D eigenvalue weighted by molar-refractivity contribution is -0.132. The van der Waals surface area contributed by atoms with Gasteiger partial charge in [0.2, 0.25) is 0 Å². The molecule has 1 saturated carbocycles. The fourth-order valence-electron chi connectivity index (χ4n) is 4.37. The lowest BCUT2D eigenvalue weighted by Gasteiger charge is -2.38. The van der Waals surface area contributed by atoms with Crippen molar-refractivity contribution in [1.29, 1.82) is 0 Å². The normalized spacial score (nSPS) is 22.7. The third-order valence-corrected chi connectivity index (χ3v) is 6.23. The maximum atomic E-state index is 13.5. The van der Waals surface area contributed by atoms with Crippen LogP contribution in [-0.2, 0) is 14.3 Å². The van der Waals surface area contributed by atoms with Gasteiger partial charge in [-0.3, -0.25) is 4.79 Å². The highest BCUT2D eigenvalue weighted by molar-refractivity contribution is 5.91. The summed E-state index contributed by atoms with van der Waals surface area (Å²) < 4.78 is 22.3. The molecule has 0 heterocycles. The molecule has 6 nitrogen and oxygen atoms in total. The Hall–Kier alpha value is -2.93. The minimum atomic E-state index is -0.717. The molecule has 3 rings (SSSR count). The number of benzene rings is 2. The van der Waals surface area contributed by atoms with E-state index in [4.69, 9.17) is 18.9 Å². The average molecular weight is 467 g/mol. The van der Waals surface area contributed by atoms with Gasteiger partial charge in [0.15, 0.2) is 13.6 Å². The van der Waals surface area contributed by atoms with Gasteiger partial charge in [-0.1, -0.05) is 61.6 Å². The van der Waals surface area contributed by atoms with Crippen LogP contribution in [0, 0.1) is 11.8 Å². The lowest BCUT2D eigenvalue weighted by Crippen LogP contribution is -2.41. The molecule has 2 aromatic rings. The Kier molecular flexibility index (Phi) is 9.05. The monoisotopic (exact) mass is 466 g/mol. The van der Waals surface area contributed by atoms with E-state index in [0.29, 0.717) is 23.5 Å². The van der Waals surface area contributed by atoms with Crippen LogP contribution < -0.4 is 9.47 Å². The van der Waals surface area contributed by atoms with Crippen molar-refractivity contribution < 1.29 is 28.8 Å². The van der Waals surface area contributed by atoms with E-state index >= 15 is 0 Å². The molecule has 6 heteroatoms. The van der Waals surface area contributed by atoms with Gasteiger partial charge in [-0.15, -0.1) is 0 Å². The Morgan fingerprint density at radius 2 is 1.59 bits per heavy atom. The number of ketones is 1. The second-order valence-corrected chi connectivity index (χ2v) is 8.70. The van der Waals surface area contributed by atoms with Crippen LogP contribution in [0.3, 0.4) is 0 Å². The molecule has 2 aromatic carbocycles. The number of carbonyl (C=O) groups excluding carboxylic acids is 1. The Morgan fingerprint density at radius 3 is 2.12 bits per heavy atom. The molecule has 1 fully saturated rings. The lowest BCUT2D eigenvalue weighted by atomic mass is 9.67. The van der Waals surface area contributed by atoms with Gasteiger partial charge in [0.05, 0.1) is 12.0 Å². The number of methoxy groups -OCH3 is 2. The highest BCUT2D eigenvalue weighted by atomic mass is 16.7. The van der Waals surface area contributed by atoms with Crippen LogP contribution in [0.4, 0.5) is 0 Å². The maximum absolute atomic E-state index is 13.5. The number of carbonyl (C=O) groups is 1. The quantitative estimate of drug-likeness (QED) is 0.299. The second kappa shape index (κ2) is 12.0. The first-order valence-corrected chi connectivity index (χ1v) is 11.4. The summed E-state index contributed by atoms with van der Waals surface area (Å²) >= 11 is 0. The van der Waals surface area contributed by atoms with E-state index in [-0.39, 0.29) is 25.3 Å². The van der Waals surface area contributed by atoms with E-state index in [1.807, 2.05) is 61.5 Å². The van der Waals surface area contributed by atoms with Crippen molar-refractivity contribution in [3.8, 4) is 11.5 Å². The molecule has 0 radical (unpaired) electrons. The molecule has 1 aliphatic carbocycles. The van der Waals surface area contributed by atoms with Gasteiger partial charge in [0.25, 0.3) is 0 Å². The van der Waals surface area contributed by atoms with Gasteiger partial charge >= 0.3 is 0 Å². The predicted octanol–water partition coefficient (Wildman–Crippen LogP) is 5.07. The molecular formula is C28H34O6. The van der Waals surface area contributed by atoms with Crippen LogP contribution in [0.25, 0.3) is 12.2 Å². The Bertz CT molecular complexity index is 984. The largest absolute Gasteiger partial charge is 0.467 e. The fraction of sp³-hybridized carbons (Fsp3) is 0.393. The Balaban J connectivity index is 2.15. The van der Waals surface area contributed by atoms with Crippen LogP contribution >= 0.6 is 0 Å².